The molecule has 0 aliphatic carbocycles. The molecule has 100 valence electrons. The molecule has 0 saturated heterocycles. The maximum absolute atomic E-state index is 2.36. The van der Waals surface area contributed by atoms with Crippen LogP contribution < -0.4 is 0 Å². The van der Waals surface area contributed by atoms with Crippen LogP contribution in [0.4, 0.5) is 0 Å². The van der Waals surface area contributed by atoms with Gasteiger partial charge in [0.25, 0.3) is 0 Å². The van der Waals surface area contributed by atoms with Crippen molar-refractivity contribution in [3.63, 3.8) is 0 Å². The molecule has 0 unspecified atom stereocenters. The first kappa shape index (κ1) is 12.7. The highest BCUT2D eigenvalue weighted by Crippen LogP contribution is 2.31. The number of allylic oxidation sites excluding steroid dienone is 4. The van der Waals surface area contributed by atoms with E-state index in [1.807, 2.05) is 0 Å². The van der Waals surface area contributed by atoms with Crippen LogP contribution >= 0.6 is 0 Å². The Morgan fingerprint density at radius 1 is 0.950 bits per heavy atom. The molecular formula is C19H19N. The molecular weight excluding hydrogens is 242 g/mol. The van der Waals surface area contributed by atoms with Crippen LogP contribution in [0.2, 0.25) is 0 Å². The maximum atomic E-state index is 2.36. The lowest BCUT2D eigenvalue weighted by Gasteiger charge is -2.08. The van der Waals surface area contributed by atoms with E-state index in [-0.39, 0.29) is 0 Å². The third-order valence-electron chi connectivity index (χ3n) is 3.59. The molecule has 0 fully saturated rings. The summed E-state index contributed by atoms with van der Waals surface area (Å²) in [7, 11) is 0. The summed E-state index contributed by atoms with van der Waals surface area (Å²) >= 11 is 0. The second-order valence-corrected chi connectivity index (χ2v) is 4.91. The van der Waals surface area contributed by atoms with Crippen molar-refractivity contribution in [2.45, 2.75) is 20.3 Å². The van der Waals surface area contributed by atoms with Crippen molar-refractivity contribution < 1.29 is 0 Å². The summed E-state index contributed by atoms with van der Waals surface area (Å²) in [6.45, 7) is 4.24. The Morgan fingerprint density at radius 3 is 2.00 bits per heavy atom. The second kappa shape index (κ2) is 5.38. The van der Waals surface area contributed by atoms with Gasteiger partial charge < -0.3 is 4.57 Å². The fraction of sp³-hybridized carbons (Fsp3) is 0.158. The van der Waals surface area contributed by atoms with Crippen molar-refractivity contribution in [1.29, 1.82) is 0 Å². The maximum Gasteiger partial charge on any atom is 0.0540 e. The van der Waals surface area contributed by atoms with Gasteiger partial charge in [-0.1, -0.05) is 55.5 Å². The summed E-state index contributed by atoms with van der Waals surface area (Å²) in [6.07, 6.45) is 7.59. The first-order valence-electron chi connectivity index (χ1n) is 7.18. The van der Waals surface area contributed by atoms with Gasteiger partial charge in [-0.25, -0.2) is 0 Å². The Kier molecular flexibility index (Phi) is 3.42. The summed E-state index contributed by atoms with van der Waals surface area (Å²) < 4.78 is 2.36. The van der Waals surface area contributed by atoms with Gasteiger partial charge in [-0.3, -0.25) is 0 Å². The molecule has 0 N–H and O–H groups in total. The van der Waals surface area contributed by atoms with Crippen molar-refractivity contribution in [3.8, 4) is 0 Å². The van der Waals surface area contributed by atoms with E-state index in [9.17, 15) is 0 Å². The van der Waals surface area contributed by atoms with Crippen LogP contribution in [0.25, 0.3) is 27.5 Å². The summed E-state index contributed by atoms with van der Waals surface area (Å²) in [6, 6.07) is 17.2. The van der Waals surface area contributed by atoms with Gasteiger partial charge in [-0.05, 0) is 31.6 Å². The highest BCUT2D eigenvalue weighted by Gasteiger charge is 2.10. The van der Waals surface area contributed by atoms with Gasteiger partial charge in [0.1, 0.15) is 0 Å². The van der Waals surface area contributed by atoms with E-state index in [1.165, 1.54) is 27.5 Å². The molecule has 20 heavy (non-hydrogen) atoms. The molecule has 3 aromatic rings. The highest BCUT2D eigenvalue weighted by molar-refractivity contribution is 6.10. The average Bonchev–Trinajstić information content (AvgIpc) is 2.82. The quantitative estimate of drug-likeness (QED) is 0.539. The Balaban J connectivity index is 2.45. The minimum absolute atomic E-state index is 1.03. The second-order valence-electron chi connectivity index (χ2n) is 4.91. The number of rotatable bonds is 3. The van der Waals surface area contributed by atoms with Gasteiger partial charge in [-0.2, -0.15) is 0 Å². The van der Waals surface area contributed by atoms with Crippen LogP contribution in [-0.4, -0.2) is 4.57 Å². The molecule has 1 heterocycles. The summed E-state index contributed by atoms with van der Waals surface area (Å²) in [5, 5.41) is 2.63. The highest BCUT2D eigenvalue weighted by atomic mass is 15.0. The van der Waals surface area contributed by atoms with Crippen LogP contribution in [0, 0.1) is 0 Å². The van der Waals surface area contributed by atoms with Crippen LogP contribution in [0.15, 0.2) is 66.8 Å². The smallest absolute Gasteiger partial charge is 0.0540 e. The van der Waals surface area contributed by atoms with Crippen LogP contribution in [0.3, 0.4) is 0 Å². The van der Waals surface area contributed by atoms with Crippen molar-refractivity contribution in [2.75, 3.05) is 0 Å². The fourth-order valence-electron chi connectivity index (χ4n) is 2.81. The van der Waals surface area contributed by atoms with Crippen molar-refractivity contribution in [2.24, 2.45) is 0 Å². The molecule has 1 heteroatoms. The molecule has 0 bridgehead atoms. The molecule has 3 rings (SSSR count). The monoisotopic (exact) mass is 261 g/mol. The number of nitrogens with zero attached hydrogens (tertiary/aromatic N) is 1. The van der Waals surface area contributed by atoms with E-state index in [0.29, 0.717) is 0 Å². The molecule has 0 atom stereocenters. The number of fused-ring (bicyclic) bond motifs is 3. The topological polar surface area (TPSA) is 4.93 Å². The molecule has 0 saturated carbocycles. The number of aromatic nitrogens is 1. The Morgan fingerprint density at radius 2 is 1.50 bits per heavy atom. The van der Waals surface area contributed by atoms with Crippen LogP contribution in [0.5, 0.6) is 0 Å². The van der Waals surface area contributed by atoms with Gasteiger partial charge in [0.2, 0.25) is 0 Å². The number of hydrogen-bond acceptors (Lipinski definition) is 0. The zero-order chi connectivity index (χ0) is 13.9. The SMILES string of the molecule is C/C=C\C(=C/CC)n1c2ccccc2c2ccccc21. The van der Waals surface area contributed by atoms with Crippen molar-refractivity contribution in [1.82, 2.24) is 4.57 Å². The lowest BCUT2D eigenvalue weighted by Crippen LogP contribution is -1.94. The fourth-order valence-corrected chi connectivity index (χ4v) is 2.81. The summed E-state index contributed by atoms with van der Waals surface area (Å²) in [5.41, 5.74) is 3.78. The van der Waals surface area contributed by atoms with E-state index in [1.54, 1.807) is 0 Å². The largest absolute Gasteiger partial charge is 0.310 e. The number of hydrogen-bond donors (Lipinski definition) is 0. The van der Waals surface area contributed by atoms with Crippen LogP contribution in [0.1, 0.15) is 20.3 Å². The lowest BCUT2D eigenvalue weighted by atomic mass is 10.2. The first-order chi connectivity index (χ1) is 9.86. The molecule has 1 aromatic heterocycles. The Labute approximate surface area is 119 Å². The molecule has 0 amide bonds. The number of para-hydroxylation sites is 2. The molecule has 0 spiro atoms. The Bertz CT molecular complexity index is 750. The molecule has 0 aliphatic heterocycles. The van der Waals surface area contributed by atoms with E-state index in [0.717, 1.165) is 6.42 Å². The van der Waals surface area contributed by atoms with Crippen LogP contribution in [-0.2, 0) is 0 Å². The van der Waals surface area contributed by atoms with E-state index in [2.05, 4.69) is 85.2 Å². The molecule has 0 aliphatic rings. The minimum Gasteiger partial charge on any atom is -0.310 e. The van der Waals surface area contributed by atoms with Gasteiger partial charge >= 0.3 is 0 Å². The van der Waals surface area contributed by atoms with Gasteiger partial charge in [0.05, 0.1) is 11.0 Å². The number of benzene rings is 2. The lowest BCUT2D eigenvalue weighted by molar-refractivity contribution is 1.17. The third-order valence-corrected chi connectivity index (χ3v) is 3.59. The average molecular weight is 261 g/mol. The van der Waals surface area contributed by atoms with Gasteiger partial charge in [0.15, 0.2) is 0 Å². The van der Waals surface area contributed by atoms with Crippen molar-refractivity contribution >= 4 is 27.5 Å². The predicted octanol–water partition coefficient (Wildman–Crippen LogP) is 5.62. The Hall–Kier alpha value is -2.28. The predicted molar refractivity (Wildman–Crippen MR) is 88.8 cm³/mol. The molecule has 1 nitrogen and oxygen atoms in total. The zero-order valence-electron chi connectivity index (χ0n) is 12.0. The van der Waals surface area contributed by atoms with Gasteiger partial charge in [-0.15, -0.1) is 0 Å². The summed E-state index contributed by atoms with van der Waals surface area (Å²) in [5.74, 6) is 0. The summed E-state index contributed by atoms with van der Waals surface area (Å²) in [4.78, 5) is 0. The van der Waals surface area contributed by atoms with E-state index >= 15 is 0 Å². The van der Waals surface area contributed by atoms with E-state index < -0.39 is 0 Å². The molecule has 2 aromatic carbocycles. The van der Waals surface area contributed by atoms with E-state index in [4.69, 9.17) is 0 Å². The zero-order valence-corrected chi connectivity index (χ0v) is 12.0. The molecule has 0 radical (unpaired) electrons. The van der Waals surface area contributed by atoms with Gasteiger partial charge in [0, 0.05) is 16.5 Å². The minimum atomic E-state index is 1.03. The van der Waals surface area contributed by atoms with Crippen molar-refractivity contribution in [3.05, 3.63) is 66.8 Å². The normalized spacial score (nSPS) is 12.8. The third kappa shape index (κ3) is 1.96. The first-order valence-corrected chi connectivity index (χ1v) is 7.18. The standard InChI is InChI=1S/C19H19N/c1-3-9-15(10-4-2)20-18-13-7-5-11-16(18)17-12-6-8-14-19(17)20/h3,5-14H,4H2,1-2H3/b9-3-,15-10+.